The highest BCUT2D eigenvalue weighted by Gasteiger charge is 2.31. The molecule has 0 saturated heterocycles. The van der Waals surface area contributed by atoms with E-state index in [2.05, 4.69) is 418 Å². The summed E-state index contributed by atoms with van der Waals surface area (Å²) in [4.78, 5) is 45.2. The van der Waals surface area contributed by atoms with Crippen LogP contribution in [-0.2, 0) is 0 Å². The predicted octanol–water partition coefficient (Wildman–Crippen LogP) is 29.7. The van der Waals surface area contributed by atoms with Gasteiger partial charge in [-0.15, -0.1) is 0 Å². The standard InChI is InChI=1S/C43H25N5.2C39H23N5/c1-2-12-26(13-3-1)47-36-20-10-9-19-33(36)39-41(47)35-24-44-23-22-30(35)38-32-18-8-11-21-37(32)48(42(38)39)43-45-25-34-29-16-5-4-14-27(29)28-15-6-7-17-31(28)40(34)46-43;1-2-11-26(12-3-1)43-32-16-8-7-15-30(32)35-37(43)31-23-40-21-20-28(31)34-29-14-6-9-17-33(29)44(38(34)35)39-41-22-25-19-18-24-10-4-5-13-27(24)36(25)42-39;1-2-11-25(12-3-1)43-33-16-8-7-15-29(33)36-37(43)31-22-40-21-20-27(31)35-28-14-6-9-17-34(28)44(38(35)36)39-41-23-30-26-13-5-4-10-24(26)18-19-32(30)42-39/h1-25H;2*1-23H. The van der Waals surface area contributed by atoms with Gasteiger partial charge in [-0.3, -0.25) is 28.7 Å². The molecule has 15 heteroatoms. The van der Waals surface area contributed by atoms with Crippen molar-refractivity contribution in [3.8, 4) is 34.9 Å². The van der Waals surface area contributed by atoms with Gasteiger partial charge in [-0.1, -0.05) is 279 Å². The summed E-state index contributed by atoms with van der Waals surface area (Å²) in [5, 5.41) is 33.3. The zero-order valence-electron chi connectivity index (χ0n) is 72.7. The molecule has 0 spiro atoms. The van der Waals surface area contributed by atoms with Crippen molar-refractivity contribution < 1.29 is 0 Å². The van der Waals surface area contributed by atoms with E-state index in [0.29, 0.717) is 17.8 Å². The summed E-state index contributed by atoms with van der Waals surface area (Å²) in [6.45, 7) is 0. The second kappa shape index (κ2) is 29.4. The maximum Gasteiger partial charge on any atom is 0.235 e. The number of pyridine rings is 3. The number of aromatic nitrogens is 15. The maximum atomic E-state index is 5.46. The van der Waals surface area contributed by atoms with Crippen LogP contribution in [0.25, 0.3) is 274 Å². The molecule has 31 rings (SSSR count). The van der Waals surface area contributed by atoms with Gasteiger partial charge in [0.15, 0.2) is 0 Å². The first kappa shape index (κ1) is 75.1. The number of hydrogen-bond donors (Lipinski definition) is 0. The molecule has 0 amide bonds. The zero-order chi connectivity index (χ0) is 88.9. The van der Waals surface area contributed by atoms with Crippen molar-refractivity contribution in [3.05, 3.63) is 432 Å². The molecule has 0 aliphatic heterocycles. The number of fused-ring (bicyclic) bond motifs is 42. The molecule has 0 saturated carbocycles. The Kier molecular flexibility index (Phi) is 16.2. The molecule has 0 aliphatic rings. The van der Waals surface area contributed by atoms with E-state index in [1.54, 1.807) is 0 Å². The molecule has 0 unspecified atom stereocenters. The Morgan fingerprint density at radius 3 is 0.875 bits per heavy atom. The maximum absolute atomic E-state index is 5.46. The lowest BCUT2D eigenvalue weighted by Gasteiger charge is -2.13. The van der Waals surface area contributed by atoms with Crippen molar-refractivity contribution in [2.24, 2.45) is 0 Å². The summed E-state index contributed by atoms with van der Waals surface area (Å²) in [5.74, 6) is 1.97. The normalized spacial score (nSPS) is 12.1. The third-order valence-electron chi connectivity index (χ3n) is 28.0. The van der Waals surface area contributed by atoms with Crippen LogP contribution in [0.2, 0.25) is 0 Å². The van der Waals surface area contributed by atoms with E-state index in [1.165, 1.54) is 70.0 Å². The van der Waals surface area contributed by atoms with Gasteiger partial charge in [0.05, 0.1) is 82.8 Å². The Morgan fingerprint density at radius 1 is 0.154 bits per heavy atom. The Labute approximate surface area is 772 Å². The average molecular weight is 1740 g/mol. The van der Waals surface area contributed by atoms with Crippen LogP contribution in [0.1, 0.15) is 0 Å². The van der Waals surface area contributed by atoms with E-state index < -0.39 is 0 Å². The van der Waals surface area contributed by atoms with Crippen LogP contribution in [-0.4, -0.2) is 72.3 Å². The van der Waals surface area contributed by atoms with E-state index >= 15 is 0 Å². The molecule has 12 aromatic heterocycles. The molecule has 0 atom stereocenters. The molecule has 0 radical (unpaired) electrons. The van der Waals surface area contributed by atoms with E-state index in [0.717, 1.165) is 186 Å². The Balaban J connectivity index is 0.0000000990. The molecule has 12 heterocycles. The smallest absolute Gasteiger partial charge is 0.235 e. The molecule has 0 fully saturated rings. The lowest BCUT2D eigenvalue weighted by Crippen LogP contribution is -2.02. The Hall–Kier alpha value is -18.7. The van der Waals surface area contributed by atoms with Crippen molar-refractivity contribution in [1.82, 2.24) is 72.3 Å². The van der Waals surface area contributed by atoms with Crippen molar-refractivity contribution in [2.75, 3.05) is 0 Å². The van der Waals surface area contributed by atoms with Gasteiger partial charge >= 0.3 is 0 Å². The van der Waals surface area contributed by atoms with Gasteiger partial charge in [0.2, 0.25) is 17.8 Å². The molecule has 0 bridgehead atoms. The highest BCUT2D eigenvalue weighted by molar-refractivity contribution is 6.40. The molecular weight excluding hydrogens is 1660 g/mol. The molecule has 0 aliphatic carbocycles. The van der Waals surface area contributed by atoms with Gasteiger partial charge in [0.25, 0.3) is 0 Å². The summed E-state index contributed by atoms with van der Waals surface area (Å²) >= 11 is 0. The lowest BCUT2D eigenvalue weighted by molar-refractivity contribution is 1.01. The number of nitrogens with zero attached hydrogens (tertiary/aromatic N) is 15. The van der Waals surface area contributed by atoms with Gasteiger partial charge in [0, 0.05) is 181 Å². The van der Waals surface area contributed by atoms with E-state index in [4.69, 9.17) is 29.9 Å². The number of benzene rings is 19. The monoisotopic (exact) mass is 1730 g/mol. The fraction of sp³-hybridized carbons (Fsp3) is 0. The minimum absolute atomic E-state index is 0.653. The highest BCUT2D eigenvalue weighted by Crippen LogP contribution is 2.52. The number of para-hydroxylation sites is 9. The highest BCUT2D eigenvalue weighted by atomic mass is 15.2. The summed E-state index contributed by atoms with van der Waals surface area (Å²) in [5.41, 5.74) is 19.5. The first-order chi connectivity index (χ1) is 67.6. The average Bonchev–Trinajstić information content (AvgIpc) is 1.53. The molecule has 630 valence electrons. The van der Waals surface area contributed by atoms with Crippen LogP contribution in [0.4, 0.5) is 0 Å². The van der Waals surface area contributed by atoms with E-state index in [-0.39, 0.29) is 0 Å². The van der Waals surface area contributed by atoms with Crippen LogP contribution in [0.3, 0.4) is 0 Å². The molecule has 19 aromatic carbocycles. The van der Waals surface area contributed by atoms with Gasteiger partial charge in [-0.2, -0.15) is 0 Å². The molecular formula is C121H71N15. The molecule has 136 heavy (non-hydrogen) atoms. The third-order valence-corrected chi connectivity index (χ3v) is 28.0. The van der Waals surface area contributed by atoms with Crippen LogP contribution < -0.4 is 0 Å². The van der Waals surface area contributed by atoms with Crippen molar-refractivity contribution in [1.29, 1.82) is 0 Å². The summed E-state index contributed by atoms with van der Waals surface area (Å²) < 4.78 is 14.0. The molecule has 0 N–H and O–H groups in total. The van der Waals surface area contributed by atoms with Crippen LogP contribution in [0, 0.1) is 0 Å². The van der Waals surface area contributed by atoms with Crippen LogP contribution in [0.5, 0.6) is 0 Å². The van der Waals surface area contributed by atoms with Gasteiger partial charge in [-0.05, 0) is 146 Å². The van der Waals surface area contributed by atoms with Crippen molar-refractivity contribution in [3.63, 3.8) is 0 Å². The Morgan fingerprint density at radius 2 is 0.449 bits per heavy atom. The summed E-state index contributed by atoms with van der Waals surface area (Å²) in [6.07, 6.45) is 17.7. The van der Waals surface area contributed by atoms with Gasteiger partial charge in [0.1, 0.15) is 0 Å². The Bertz CT molecular complexity index is 10500. The van der Waals surface area contributed by atoms with E-state index in [9.17, 15) is 0 Å². The SMILES string of the molecule is c1ccc(-n2c3ccccc3c3c2c2cnccc2c2c4ccccc4n(-c4ncc5c(ccc6ccccc65)n4)c23)cc1.c1ccc(-n2c3ccccc3c3c2c2cnccc2c2c4ccccc4n(-c4ncc5c6ccccc6c6ccccc6c5n4)c23)cc1.c1ccc(-n2c3ccccc3c3c2c2cnccc2c2c4ccccc4n(-c4ncc5ccc6ccccc6c5n4)c23)cc1. The predicted molar refractivity (Wildman–Crippen MR) is 561 cm³/mol. The first-order valence-corrected chi connectivity index (χ1v) is 45.8. The third kappa shape index (κ3) is 10.8. The van der Waals surface area contributed by atoms with Crippen molar-refractivity contribution in [2.45, 2.75) is 0 Å². The van der Waals surface area contributed by atoms with Crippen LogP contribution >= 0.6 is 0 Å². The topological polar surface area (TPSA) is 146 Å². The molecule has 15 nitrogen and oxygen atoms in total. The van der Waals surface area contributed by atoms with Crippen LogP contribution in [0.15, 0.2) is 432 Å². The van der Waals surface area contributed by atoms with Gasteiger partial charge < -0.3 is 13.7 Å². The van der Waals surface area contributed by atoms with E-state index in [1.807, 2.05) is 55.8 Å². The fourth-order valence-corrected chi connectivity index (χ4v) is 22.5. The summed E-state index contributed by atoms with van der Waals surface area (Å²) in [7, 11) is 0. The number of rotatable bonds is 6. The summed E-state index contributed by atoms with van der Waals surface area (Å²) in [6, 6.07) is 133. The zero-order valence-corrected chi connectivity index (χ0v) is 72.7. The minimum atomic E-state index is 0.653. The quantitative estimate of drug-likeness (QED) is 0.149. The molecule has 31 aromatic rings. The minimum Gasteiger partial charge on any atom is -0.308 e. The largest absolute Gasteiger partial charge is 0.308 e. The lowest BCUT2D eigenvalue weighted by atomic mass is 9.98. The first-order valence-electron chi connectivity index (χ1n) is 45.8. The van der Waals surface area contributed by atoms with Gasteiger partial charge in [-0.25, -0.2) is 29.9 Å². The van der Waals surface area contributed by atoms with Crippen molar-refractivity contribution >= 4 is 239 Å². The fourth-order valence-electron chi connectivity index (χ4n) is 22.5. The second-order valence-corrected chi connectivity index (χ2v) is 35.0. The number of hydrogen-bond acceptors (Lipinski definition) is 9. The second-order valence-electron chi connectivity index (χ2n) is 35.0.